The van der Waals surface area contributed by atoms with Crippen LogP contribution in [0.4, 0.5) is 0 Å². The Morgan fingerprint density at radius 2 is 1.64 bits per heavy atom. The summed E-state index contributed by atoms with van der Waals surface area (Å²) in [6, 6.07) is 0.832. The zero-order valence-corrected chi connectivity index (χ0v) is 11.3. The average Bonchev–Trinajstić information content (AvgIpc) is 1.98. The third-order valence-corrected chi connectivity index (χ3v) is 2.97. The monoisotopic (exact) mass is 216 g/mol. The Labute approximate surface area is 94.1 Å². The van der Waals surface area contributed by atoms with Gasteiger partial charge in [0.05, 0.1) is 0 Å². The highest BCUT2D eigenvalue weighted by atomic mass is 32.1. The Bertz CT molecular complexity index is 194. The quantitative estimate of drug-likeness (QED) is 0.714. The predicted molar refractivity (Wildman–Crippen MR) is 67.5 cm³/mol. The van der Waals surface area contributed by atoms with Gasteiger partial charge < -0.3 is 10.2 Å². The Morgan fingerprint density at radius 1 is 1.21 bits per heavy atom. The number of thiocarbonyl (C=S) groups is 1. The summed E-state index contributed by atoms with van der Waals surface area (Å²) in [6.07, 6.45) is 0. The molecule has 2 nitrogen and oxygen atoms in total. The first-order valence-electron chi connectivity index (χ1n) is 5.19. The van der Waals surface area contributed by atoms with E-state index >= 15 is 0 Å². The van der Waals surface area contributed by atoms with Crippen molar-refractivity contribution < 1.29 is 0 Å². The Hall–Kier alpha value is -0.310. The van der Waals surface area contributed by atoms with Gasteiger partial charge in [-0.1, -0.05) is 20.8 Å². The number of hydrogen-bond donors (Lipinski definition) is 1. The molecule has 0 fully saturated rings. The van der Waals surface area contributed by atoms with Crippen molar-refractivity contribution in [2.75, 3.05) is 7.05 Å². The van der Waals surface area contributed by atoms with Crippen molar-refractivity contribution >= 4 is 17.3 Å². The van der Waals surface area contributed by atoms with E-state index in [-0.39, 0.29) is 5.41 Å². The van der Waals surface area contributed by atoms with Crippen LogP contribution in [-0.2, 0) is 0 Å². The molecule has 0 aliphatic heterocycles. The lowest BCUT2D eigenvalue weighted by atomic mass is 9.87. The average molecular weight is 216 g/mol. The smallest absolute Gasteiger partial charge is 0.169 e. The molecule has 0 rings (SSSR count). The summed E-state index contributed by atoms with van der Waals surface area (Å²) in [5.74, 6) is 0. The Morgan fingerprint density at radius 3 is 1.93 bits per heavy atom. The molecule has 84 valence electrons. The molecule has 0 aromatic heterocycles. The second kappa shape index (κ2) is 4.96. The van der Waals surface area contributed by atoms with Crippen LogP contribution in [0.3, 0.4) is 0 Å². The topological polar surface area (TPSA) is 15.3 Å². The fourth-order valence-corrected chi connectivity index (χ4v) is 1.50. The van der Waals surface area contributed by atoms with Gasteiger partial charge in [0.2, 0.25) is 0 Å². The maximum Gasteiger partial charge on any atom is 0.169 e. The van der Waals surface area contributed by atoms with Gasteiger partial charge in [-0.2, -0.15) is 0 Å². The van der Waals surface area contributed by atoms with Gasteiger partial charge >= 0.3 is 0 Å². The van der Waals surface area contributed by atoms with Crippen molar-refractivity contribution in [1.29, 1.82) is 0 Å². The van der Waals surface area contributed by atoms with Crippen LogP contribution in [0.2, 0.25) is 0 Å². The van der Waals surface area contributed by atoms with E-state index in [9.17, 15) is 0 Å². The van der Waals surface area contributed by atoms with E-state index in [1.54, 1.807) is 0 Å². The molecule has 0 heterocycles. The van der Waals surface area contributed by atoms with Crippen molar-refractivity contribution in [3.05, 3.63) is 0 Å². The summed E-state index contributed by atoms with van der Waals surface area (Å²) >= 11 is 5.31. The summed E-state index contributed by atoms with van der Waals surface area (Å²) in [5.41, 5.74) is 0.247. The lowest BCUT2D eigenvalue weighted by molar-refractivity contribution is 0.206. The summed E-state index contributed by atoms with van der Waals surface area (Å²) in [5, 5.41) is 4.09. The standard InChI is InChI=1S/C11H24N2S/c1-8(2)12-10(14)13(7)9(3)11(4,5)6/h8-9H,1-7H3,(H,12,14). The van der Waals surface area contributed by atoms with Gasteiger partial charge in [-0.05, 0) is 38.4 Å². The fourth-order valence-electron chi connectivity index (χ4n) is 1.11. The second-order valence-corrected chi connectivity index (χ2v) is 5.64. The van der Waals surface area contributed by atoms with E-state index in [4.69, 9.17) is 12.2 Å². The van der Waals surface area contributed by atoms with Crippen molar-refractivity contribution in [1.82, 2.24) is 10.2 Å². The molecule has 0 amide bonds. The fraction of sp³-hybridized carbons (Fsp3) is 0.909. The third-order valence-electron chi connectivity index (χ3n) is 2.57. The molecule has 0 spiro atoms. The van der Waals surface area contributed by atoms with Gasteiger partial charge in [0.15, 0.2) is 5.11 Å². The molecule has 0 radical (unpaired) electrons. The first-order chi connectivity index (χ1) is 6.16. The van der Waals surface area contributed by atoms with Crippen LogP contribution in [0, 0.1) is 5.41 Å². The van der Waals surface area contributed by atoms with E-state index in [2.05, 4.69) is 51.8 Å². The molecule has 0 saturated carbocycles. The molecule has 14 heavy (non-hydrogen) atoms. The number of hydrogen-bond acceptors (Lipinski definition) is 1. The minimum absolute atomic E-state index is 0.247. The highest BCUT2D eigenvalue weighted by Gasteiger charge is 2.25. The molecule has 0 aromatic carbocycles. The number of nitrogens with zero attached hydrogens (tertiary/aromatic N) is 1. The van der Waals surface area contributed by atoms with Gasteiger partial charge in [0.25, 0.3) is 0 Å². The first kappa shape index (κ1) is 13.7. The van der Waals surface area contributed by atoms with Gasteiger partial charge in [-0.3, -0.25) is 0 Å². The van der Waals surface area contributed by atoms with Crippen LogP contribution in [-0.4, -0.2) is 29.1 Å². The lowest BCUT2D eigenvalue weighted by Crippen LogP contribution is -2.49. The zero-order chi connectivity index (χ0) is 11.5. The van der Waals surface area contributed by atoms with E-state index in [0.29, 0.717) is 12.1 Å². The van der Waals surface area contributed by atoms with Gasteiger partial charge in [0, 0.05) is 19.1 Å². The minimum atomic E-state index is 0.247. The molecule has 0 aromatic rings. The molecular formula is C11H24N2S. The summed E-state index contributed by atoms with van der Waals surface area (Å²) < 4.78 is 0. The van der Waals surface area contributed by atoms with Gasteiger partial charge in [0.1, 0.15) is 0 Å². The molecule has 1 unspecified atom stereocenters. The summed E-state index contributed by atoms with van der Waals surface area (Å²) in [6.45, 7) is 13.1. The van der Waals surface area contributed by atoms with Crippen LogP contribution >= 0.6 is 12.2 Å². The second-order valence-electron chi connectivity index (χ2n) is 5.26. The normalized spacial score (nSPS) is 14.0. The summed E-state index contributed by atoms with van der Waals surface area (Å²) in [7, 11) is 2.05. The Balaban J connectivity index is 4.32. The molecule has 1 atom stereocenters. The molecule has 0 saturated heterocycles. The Kier molecular flexibility index (Phi) is 4.85. The van der Waals surface area contributed by atoms with Crippen LogP contribution in [0.25, 0.3) is 0 Å². The van der Waals surface area contributed by atoms with Crippen molar-refractivity contribution in [2.24, 2.45) is 5.41 Å². The van der Waals surface area contributed by atoms with Crippen LogP contribution < -0.4 is 5.32 Å². The molecule has 1 N–H and O–H groups in total. The van der Waals surface area contributed by atoms with Crippen LogP contribution in [0.1, 0.15) is 41.5 Å². The molecule has 0 aliphatic rings. The highest BCUT2D eigenvalue weighted by Crippen LogP contribution is 2.22. The van der Waals surface area contributed by atoms with Crippen molar-refractivity contribution in [2.45, 2.75) is 53.6 Å². The number of nitrogens with one attached hydrogen (secondary N) is 1. The van der Waals surface area contributed by atoms with Gasteiger partial charge in [-0.25, -0.2) is 0 Å². The number of rotatable bonds is 2. The minimum Gasteiger partial charge on any atom is -0.360 e. The van der Waals surface area contributed by atoms with Crippen molar-refractivity contribution in [3.63, 3.8) is 0 Å². The van der Waals surface area contributed by atoms with E-state index < -0.39 is 0 Å². The van der Waals surface area contributed by atoms with Crippen LogP contribution in [0.5, 0.6) is 0 Å². The lowest BCUT2D eigenvalue weighted by Gasteiger charge is -2.37. The van der Waals surface area contributed by atoms with E-state index in [1.807, 2.05) is 7.05 Å². The molecule has 3 heteroatoms. The van der Waals surface area contributed by atoms with Crippen LogP contribution in [0.15, 0.2) is 0 Å². The molecule has 0 bridgehead atoms. The third kappa shape index (κ3) is 4.27. The maximum atomic E-state index is 5.31. The highest BCUT2D eigenvalue weighted by molar-refractivity contribution is 7.80. The van der Waals surface area contributed by atoms with E-state index in [0.717, 1.165) is 5.11 Å². The molecular weight excluding hydrogens is 192 g/mol. The predicted octanol–water partition coefficient (Wildman–Crippen LogP) is 2.64. The first-order valence-corrected chi connectivity index (χ1v) is 5.60. The maximum absolute atomic E-state index is 5.31. The molecule has 0 aliphatic carbocycles. The SMILES string of the molecule is CC(C)NC(=S)N(C)C(C)C(C)(C)C. The van der Waals surface area contributed by atoms with Gasteiger partial charge in [-0.15, -0.1) is 0 Å². The van der Waals surface area contributed by atoms with Crippen molar-refractivity contribution in [3.8, 4) is 0 Å². The zero-order valence-electron chi connectivity index (χ0n) is 10.5. The largest absolute Gasteiger partial charge is 0.360 e. The van der Waals surface area contributed by atoms with E-state index in [1.165, 1.54) is 0 Å². The summed E-state index contributed by atoms with van der Waals surface area (Å²) in [4.78, 5) is 2.13.